The molecule has 1 aromatic carbocycles. The van der Waals surface area contributed by atoms with Gasteiger partial charge >= 0.3 is 5.69 Å². The summed E-state index contributed by atoms with van der Waals surface area (Å²) in [4.78, 5) is 10.3. The second kappa shape index (κ2) is 6.41. The molecule has 1 aromatic rings. The van der Waals surface area contributed by atoms with Crippen LogP contribution in [0.2, 0.25) is 10.0 Å². The highest BCUT2D eigenvalue weighted by molar-refractivity contribution is 6.42. The first kappa shape index (κ1) is 16.0. The van der Waals surface area contributed by atoms with Crippen molar-refractivity contribution in [2.45, 2.75) is 32.3 Å². The minimum absolute atomic E-state index is 0.000255. The molecule has 0 saturated carbocycles. The number of rotatable bonds is 6. The van der Waals surface area contributed by atoms with Gasteiger partial charge in [-0.1, -0.05) is 37.0 Å². The van der Waals surface area contributed by atoms with Gasteiger partial charge in [-0.25, -0.2) is 0 Å². The van der Waals surface area contributed by atoms with E-state index in [0.717, 1.165) is 6.07 Å². The zero-order valence-electron chi connectivity index (χ0n) is 10.7. The Hall–Kier alpha value is -1.04. The van der Waals surface area contributed by atoms with Crippen LogP contribution in [0.3, 0.4) is 0 Å². The van der Waals surface area contributed by atoms with Gasteiger partial charge in [0.25, 0.3) is 0 Å². The maximum absolute atomic E-state index is 10.9. The van der Waals surface area contributed by atoms with E-state index in [1.807, 2.05) is 13.8 Å². The number of nitro groups is 1. The van der Waals surface area contributed by atoms with Crippen molar-refractivity contribution in [2.75, 3.05) is 6.61 Å². The summed E-state index contributed by atoms with van der Waals surface area (Å²) >= 11 is 11.5. The van der Waals surface area contributed by atoms with Gasteiger partial charge in [0.05, 0.1) is 20.6 Å². The highest BCUT2D eigenvalue weighted by atomic mass is 35.5. The lowest BCUT2D eigenvalue weighted by atomic mass is 9.99. The fourth-order valence-electron chi connectivity index (χ4n) is 1.44. The van der Waals surface area contributed by atoms with Crippen LogP contribution in [0.15, 0.2) is 12.1 Å². The number of ether oxygens (including phenoxy) is 1. The van der Waals surface area contributed by atoms with E-state index in [2.05, 4.69) is 0 Å². The number of nitrogens with zero attached hydrogens (tertiary/aromatic N) is 1. The second-order valence-electron chi connectivity index (χ2n) is 4.21. The van der Waals surface area contributed by atoms with Gasteiger partial charge in [0.15, 0.2) is 5.75 Å². The number of aliphatic hydroxyl groups is 1. The van der Waals surface area contributed by atoms with E-state index in [1.165, 1.54) is 6.07 Å². The van der Waals surface area contributed by atoms with E-state index >= 15 is 0 Å². The van der Waals surface area contributed by atoms with E-state index < -0.39 is 10.5 Å². The summed E-state index contributed by atoms with van der Waals surface area (Å²) in [5, 5.41) is 21.3. The minimum atomic E-state index is -1.01. The summed E-state index contributed by atoms with van der Waals surface area (Å²) in [6.07, 6.45) is 0.969. The SMILES string of the molecule is CCC(O)(CC)COc1cc(Cl)c(Cl)cc1[N+](=O)[O-]. The molecule has 0 atom stereocenters. The topological polar surface area (TPSA) is 72.6 Å². The molecule has 0 bridgehead atoms. The van der Waals surface area contributed by atoms with Crippen molar-refractivity contribution >= 4 is 28.9 Å². The summed E-state index contributed by atoms with van der Waals surface area (Å²) < 4.78 is 5.35. The molecule has 0 heterocycles. The minimum Gasteiger partial charge on any atom is -0.484 e. The Morgan fingerprint density at radius 1 is 1.32 bits per heavy atom. The van der Waals surface area contributed by atoms with Gasteiger partial charge in [-0.15, -0.1) is 0 Å². The average Bonchev–Trinajstić information content (AvgIpc) is 2.39. The lowest BCUT2D eigenvalue weighted by Crippen LogP contribution is -2.34. The first-order valence-electron chi connectivity index (χ1n) is 5.81. The molecule has 1 N–H and O–H groups in total. The highest BCUT2D eigenvalue weighted by Crippen LogP contribution is 2.36. The normalized spacial score (nSPS) is 11.4. The predicted molar refractivity (Wildman–Crippen MR) is 74.1 cm³/mol. The van der Waals surface area contributed by atoms with Gasteiger partial charge in [0, 0.05) is 12.1 Å². The summed E-state index contributed by atoms with van der Waals surface area (Å²) in [5.41, 5.74) is -1.29. The third-order valence-corrected chi connectivity index (χ3v) is 3.73. The summed E-state index contributed by atoms with van der Waals surface area (Å²) in [7, 11) is 0. The molecule has 106 valence electrons. The maximum Gasteiger partial charge on any atom is 0.312 e. The molecule has 0 saturated heterocycles. The van der Waals surface area contributed by atoms with E-state index in [0.29, 0.717) is 12.8 Å². The fourth-order valence-corrected chi connectivity index (χ4v) is 1.75. The van der Waals surface area contributed by atoms with Gasteiger partial charge in [0.1, 0.15) is 6.61 Å². The molecule has 19 heavy (non-hydrogen) atoms. The van der Waals surface area contributed by atoms with Gasteiger partial charge in [-0.05, 0) is 12.8 Å². The first-order valence-corrected chi connectivity index (χ1v) is 6.57. The standard InChI is InChI=1S/C12H15Cl2NO4/c1-3-12(16,4-2)7-19-11-6-9(14)8(13)5-10(11)15(17)18/h5-6,16H,3-4,7H2,1-2H3. The van der Waals surface area contributed by atoms with E-state index in [9.17, 15) is 15.2 Å². The first-order chi connectivity index (χ1) is 8.83. The number of benzene rings is 1. The van der Waals surface area contributed by atoms with Crippen molar-refractivity contribution in [2.24, 2.45) is 0 Å². The zero-order valence-corrected chi connectivity index (χ0v) is 12.2. The Bertz CT molecular complexity index is 475. The molecule has 0 radical (unpaired) electrons. The van der Waals surface area contributed by atoms with Crippen LogP contribution >= 0.6 is 23.2 Å². The zero-order chi connectivity index (χ0) is 14.6. The van der Waals surface area contributed by atoms with Crippen molar-refractivity contribution in [3.63, 3.8) is 0 Å². The highest BCUT2D eigenvalue weighted by Gasteiger charge is 2.26. The monoisotopic (exact) mass is 307 g/mol. The lowest BCUT2D eigenvalue weighted by molar-refractivity contribution is -0.386. The van der Waals surface area contributed by atoms with Gasteiger partial charge < -0.3 is 9.84 Å². The van der Waals surface area contributed by atoms with E-state index in [1.54, 1.807) is 0 Å². The molecular formula is C12H15Cl2NO4. The number of nitro benzene ring substituents is 1. The summed E-state index contributed by atoms with van der Waals surface area (Å²) in [6, 6.07) is 2.42. The number of hydrogen-bond acceptors (Lipinski definition) is 4. The molecule has 1 rings (SSSR count). The van der Waals surface area contributed by atoms with E-state index in [4.69, 9.17) is 27.9 Å². The summed E-state index contributed by atoms with van der Waals surface area (Å²) in [6.45, 7) is 3.59. The van der Waals surface area contributed by atoms with Crippen molar-refractivity contribution in [1.82, 2.24) is 0 Å². The molecule has 0 aliphatic rings. The lowest BCUT2D eigenvalue weighted by Gasteiger charge is -2.25. The van der Waals surface area contributed by atoms with Crippen LogP contribution in [-0.4, -0.2) is 22.2 Å². The molecular weight excluding hydrogens is 293 g/mol. The molecule has 0 amide bonds. The Balaban J connectivity index is 3.00. The molecule has 0 fully saturated rings. The Labute approximate surface area is 121 Å². The third-order valence-electron chi connectivity index (χ3n) is 3.01. The van der Waals surface area contributed by atoms with Crippen molar-refractivity contribution in [3.05, 3.63) is 32.3 Å². The molecule has 0 aromatic heterocycles. The van der Waals surface area contributed by atoms with Crippen molar-refractivity contribution < 1.29 is 14.8 Å². The third kappa shape index (κ3) is 3.96. The van der Waals surface area contributed by atoms with Gasteiger partial charge in [0.2, 0.25) is 0 Å². The maximum atomic E-state index is 10.9. The average molecular weight is 308 g/mol. The van der Waals surface area contributed by atoms with Crippen LogP contribution in [0.4, 0.5) is 5.69 Å². The van der Waals surface area contributed by atoms with Crippen LogP contribution in [0.1, 0.15) is 26.7 Å². The van der Waals surface area contributed by atoms with Crippen molar-refractivity contribution in [3.8, 4) is 5.75 Å². The Kier molecular flexibility index (Phi) is 5.40. The predicted octanol–water partition coefficient (Wildman–Crippen LogP) is 3.83. The second-order valence-corrected chi connectivity index (χ2v) is 5.03. The van der Waals surface area contributed by atoms with Gasteiger partial charge in [-0.2, -0.15) is 0 Å². The summed E-state index contributed by atoms with van der Waals surface area (Å²) in [5.74, 6) is -0.000255. The Morgan fingerprint density at radius 3 is 2.32 bits per heavy atom. The molecule has 5 nitrogen and oxygen atoms in total. The smallest absolute Gasteiger partial charge is 0.312 e. The molecule has 0 spiro atoms. The number of halogens is 2. The van der Waals surface area contributed by atoms with Crippen LogP contribution in [0.25, 0.3) is 0 Å². The molecule has 0 aliphatic carbocycles. The molecule has 0 unspecified atom stereocenters. The van der Waals surface area contributed by atoms with Crippen molar-refractivity contribution in [1.29, 1.82) is 0 Å². The van der Waals surface area contributed by atoms with Crippen LogP contribution in [-0.2, 0) is 0 Å². The molecule has 7 heteroatoms. The molecule has 0 aliphatic heterocycles. The van der Waals surface area contributed by atoms with E-state index in [-0.39, 0.29) is 28.1 Å². The Morgan fingerprint density at radius 2 is 1.84 bits per heavy atom. The quantitative estimate of drug-likeness (QED) is 0.640. The fraction of sp³-hybridized carbons (Fsp3) is 0.500. The number of hydrogen-bond donors (Lipinski definition) is 1. The van der Waals surface area contributed by atoms with Crippen LogP contribution in [0.5, 0.6) is 5.75 Å². The van der Waals surface area contributed by atoms with Crippen LogP contribution < -0.4 is 4.74 Å². The van der Waals surface area contributed by atoms with Crippen LogP contribution in [0, 0.1) is 10.1 Å². The van der Waals surface area contributed by atoms with Gasteiger partial charge in [-0.3, -0.25) is 10.1 Å². The largest absolute Gasteiger partial charge is 0.484 e.